The Bertz CT molecular complexity index is 1630. The summed E-state index contributed by atoms with van der Waals surface area (Å²) < 4.78 is 20.9. The molecule has 4 aromatic carbocycles. The van der Waals surface area contributed by atoms with E-state index in [0.717, 1.165) is 11.1 Å². The van der Waals surface area contributed by atoms with Crippen molar-refractivity contribution in [2.24, 2.45) is 0 Å². The summed E-state index contributed by atoms with van der Waals surface area (Å²) in [5.74, 6) is 0.158. The Morgan fingerprint density at radius 3 is 1.75 bits per heavy atom. The van der Waals surface area contributed by atoms with Crippen LogP contribution in [0.25, 0.3) is 0 Å². The molecule has 1 heterocycles. The number of carbonyl (C=O) groups is 4. The molecule has 0 unspecified atom stereocenters. The molecule has 0 amide bonds. The van der Waals surface area contributed by atoms with Crippen LogP contribution in [-0.2, 0) is 19.7 Å². The highest BCUT2D eigenvalue weighted by Gasteiger charge is 2.30. The topological polar surface area (TPSA) is 105 Å². The van der Waals surface area contributed by atoms with Crippen LogP contribution in [-0.4, -0.2) is 24.4 Å². The van der Waals surface area contributed by atoms with Gasteiger partial charge in [-0.05, 0) is 84.3 Å². The number of benzene rings is 4. The number of hydrogen-bond donors (Lipinski definition) is 0. The Labute approximate surface area is 230 Å². The molecule has 1 aliphatic rings. The fourth-order valence-corrected chi connectivity index (χ4v) is 4.48. The minimum Gasteiger partial charge on any atom is -0.457 e. The van der Waals surface area contributed by atoms with E-state index in [2.05, 4.69) is 23.3 Å². The van der Waals surface area contributed by atoms with Crippen LogP contribution in [0.2, 0.25) is 0 Å². The van der Waals surface area contributed by atoms with E-state index >= 15 is 0 Å². The lowest BCUT2D eigenvalue weighted by atomic mass is 9.78. The molecule has 0 saturated carbocycles. The van der Waals surface area contributed by atoms with Gasteiger partial charge in [0.15, 0.2) is 0 Å². The van der Waals surface area contributed by atoms with Gasteiger partial charge < -0.3 is 18.9 Å². The lowest BCUT2D eigenvalue weighted by Crippen LogP contribution is -2.18. The number of fused-ring (bicyclic) bond motifs is 1. The lowest BCUT2D eigenvalue weighted by Gasteiger charge is -2.26. The van der Waals surface area contributed by atoms with Crippen molar-refractivity contribution in [1.29, 1.82) is 0 Å². The van der Waals surface area contributed by atoms with Crippen LogP contribution in [0.4, 0.5) is 0 Å². The smallest absolute Gasteiger partial charge is 0.347 e. The fraction of sp³-hybridized carbons (Fsp3) is 0.125. The Morgan fingerprint density at radius 1 is 0.700 bits per heavy atom. The molecule has 8 heteroatoms. The van der Waals surface area contributed by atoms with Gasteiger partial charge in [0, 0.05) is 5.41 Å². The second-order valence-electron chi connectivity index (χ2n) is 9.74. The second-order valence-corrected chi connectivity index (χ2v) is 9.74. The quantitative estimate of drug-likeness (QED) is 0.142. The lowest BCUT2D eigenvalue weighted by molar-refractivity contribution is -0.123. The molecule has 0 aromatic heterocycles. The molecule has 0 spiro atoms. The van der Waals surface area contributed by atoms with Crippen LogP contribution in [0.1, 0.15) is 61.6 Å². The number of esters is 3. The van der Waals surface area contributed by atoms with Crippen LogP contribution in [0, 0.1) is 6.92 Å². The van der Waals surface area contributed by atoms with Gasteiger partial charge in [-0.3, -0.25) is 4.79 Å². The Balaban J connectivity index is 1.26. The molecule has 40 heavy (non-hydrogen) atoms. The number of carbonyl (C=O) groups excluding carboxylic acids is 4. The monoisotopic (exact) mass is 536 g/mol. The van der Waals surface area contributed by atoms with Gasteiger partial charge >= 0.3 is 24.4 Å². The van der Waals surface area contributed by atoms with Gasteiger partial charge in [-0.2, -0.15) is 0 Å². The van der Waals surface area contributed by atoms with E-state index in [0.29, 0.717) is 34.1 Å². The minimum atomic E-state index is -0.710. The molecular formula is C32H24O8. The summed E-state index contributed by atoms with van der Waals surface area (Å²) in [6.45, 7) is 6.07. The third kappa shape index (κ3) is 5.19. The van der Waals surface area contributed by atoms with Crippen molar-refractivity contribution >= 4 is 24.4 Å². The van der Waals surface area contributed by atoms with Gasteiger partial charge in [0.2, 0.25) is 0 Å². The third-order valence-corrected chi connectivity index (χ3v) is 6.81. The first-order valence-electron chi connectivity index (χ1n) is 12.4. The van der Waals surface area contributed by atoms with Crippen LogP contribution >= 0.6 is 0 Å². The summed E-state index contributed by atoms with van der Waals surface area (Å²) >= 11 is 0. The highest BCUT2D eigenvalue weighted by Crippen LogP contribution is 2.35. The first-order chi connectivity index (χ1) is 19.2. The maximum atomic E-state index is 11.8. The summed E-state index contributed by atoms with van der Waals surface area (Å²) in [5.41, 5.74) is 3.15. The van der Waals surface area contributed by atoms with Crippen molar-refractivity contribution < 1.29 is 38.1 Å². The van der Waals surface area contributed by atoms with Crippen molar-refractivity contribution in [3.8, 4) is 23.0 Å². The summed E-state index contributed by atoms with van der Waals surface area (Å²) in [6, 6.07) is 24.9. The van der Waals surface area contributed by atoms with Crippen molar-refractivity contribution in [3.63, 3.8) is 0 Å². The number of ether oxygens (including phenoxy) is 4. The van der Waals surface area contributed by atoms with Gasteiger partial charge in [-0.15, -0.1) is 0 Å². The largest absolute Gasteiger partial charge is 0.457 e. The number of rotatable bonds is 8. The zero-order chi connectivity index (χ0) is 28.4. The average Bonchev–Trinajstić information content (AvgIpc) is 3.22. The predicted octanol–water partition coefficient (Wildman–Crippen LogP) is 6.53. The SMILES string of the molecule is Cc1cc(Oc2ccc(C(C)(C)c3ccc(Oc4ccc5c(c4)C(=O)OC5=O)cc3)cc2)ccc1C(=O)OC=O. The minimum absolute atomic E-state index is 0.109. The van der Waals surface area contributed by atoms with Gasteiger partial charge in [0.05, 0.1) is 16.7 Å². The van der Waals surface area contributed by atoms with E-state index in [-0.39, 0.29) is 23.0 Å². The summed E-state index contributed by atoms with van der Waals surface area (Å²) in [4.78, 5) is 45.7. The highest BCUT2D eigenvalue weighted by atomic mass is 16.6. The van der Waals surface area contributed by atoms with Crippen molar-refractivity contribution in [1.82, 2.24) is 0 Å². The zero-order valence-corrected chi connectivity index (χ0v) is 21.9. The normalized spacial score (nSPS) is 12.4. The molecule has 8 nitrogen and oxygen atoms in total. The van der Waals surface area contributed by atoms with Crippen LogP contribution < -0.4 is 9.47 Å². The maximum absolute atomic E-state index is 11.8. The van der Waals surface area contributed by atoms with E-state index in [1.807, 2.05) is 48.5 Å². The highest BCUT2D eigenvalue weighted by molar-refractivity contribution is 6.14. The van der Waals surface area contributed by atoms with Crippen molar-refractivity contribution in [3.05, 3.63) is 118 Å². The standard InChI is InChI=1S/C32H24O8/c1-19-16-24(12-14-26(19)29(34)37-18-33)38-22-8-4-20(5-9-22)32(2,3)21-6-10-23(11-7-21)39-25-13-15-27-28(17-25)31(36)40-30(27)35/h4-18H,1-3H3. The van der Waals surface area contributed by atoms with Crippen molar-refractivity contribution in [2.45, 2.75) is 26.2 Å². The summed E-state index contributed by atoms with van der Waals surface area (Å²) in [5, 5.41) is 0. The number of aryl methyl sites for hydroxylation is 1. The molecule has 1 aliphatic heterocycles. The zero-order valence-electron chi connectivity index (χ0n) is 21.9. The van der Waals surface area contributed by atoms with E-state index in [9.17, 15) is 19.2 Å². The first kappa shape index (κ1) is 26.4. The van der Waals surface area contributed by atoms with Crippen LogP contribution in [0.15, 0.2) is 84.9 Å². The molecule has 4 aromatic rings. The fourth-order valence-electron chi connectivity index (χ4n) is 4.48. The van der Waals surface area contributed by atoms with Crippen LogP contribution in [0.3, 0.4) is 0 Å². The molecular weight excluding hydrogens is 512 g/mol. The number of hydrogen-bond acceptors (Lipinski definition) is 8. The van der Waals surface area contributed by atoms with Gasteiger partial charge in [0.1, 0.15) is 23.0 Å². The van der Waals surface area contributed by atoms with Gasteiger partial charge in [-0.1, -0.05) is 38.1 Å². The van der Waals surface area contributed by atoms with E-state index in [4.69, 9.17) is 9.47 Å². The maximum Gasteiger partial charge on any atom is 0.347 e. The molecule has 0 aliphatic carbocycles. The molecule has 0 fully saturated rings. The average molecular weight is 537 g/mol. The molecule has 0 atom stereocenters. The first-order valence-corrected chi connectivity index (χ1v) is 12.4. The second kappa shape index (κ2) is 10.5. The predicted molar refractivity (Wildman–Crippen MR) is 144 cm³/mol. The van der Waals surface area contributed by atoms with Gasteiger partial charge in [0.25, 0.3) is 0 Å². The van der Waals surface area contributed by atoms with E-state index in [1.165, 1.54) is 12.1 Å². The Kier molecular flexibility index (Phi) is 6.92. The van der Waals surface area contributed by atoms with E-state index < -0.39 is 17.9 Å². The summed E-state index contributed by atoms with van der Waals surface area (Å²) in [7, 11) is 0. The molecule has 0 radical (unpaired) electrons. The van der Waals surface area contributed by atoms with Gasteiger partial charge in [-0.25, -0.2) is 14.4 Å². The molecule has 0 N–H and O–H groups in total. The van der Waals surface area contributed by atoms with E-state index in [1.54, 1.807) is 31.2 Å². The summed E-state index contributed by atoms with van der Waals surface area (Å²) in [6.07, 6.45) is 0. The molecule has 5 rings (SSSR count). The van der Waals surface area contributed by atoms with Crippen LogP contribution in [0.5, 0.6) is 23.0 Å². The Morgan fingerprint density at radius 2 is 1.20 bits per heavy atom. The third-order valence-electron chi connectivity index (χ3n) is 6.81. The molecule has 0 saturated heterocycles. The Hall–Kier alpha value is -5.24. The molecule has 200 valence electrons. The molecule has 0 bridgehead atoms. The van der Waals surface area contributed by atoms with Crippen molar-refractivity contribution in [2.75, 3.05) is 0 Å². The number of cyclic esters (lactones) is 2.